The van der Waals surface area contributed by atoms with Crippen LogP contribution in [-0.2, 0) is 14.8 Å². The standard InChI is InChI=1S/C12H26N2O3S/c1-4-6-7-11(5-2)10-14-12(15)8-9-18(16,17)13-3/h11,13H,4-10H2,1-3H3,(H,14,15)/t11-/m0/s1. The first-order valence-corrected chi connectivity index (χ1v) is 8.28. The third kappa shape index (κ3) is 8.47. The Morgan fingerprint density at radius 1 is 1.28 bits per heavy atom. The summed E-state index contributed by atoms with van der Waals surface area (Å²) in [5, 5.41) is 2.81. The highest BCUT2D eigenvalue weighted by molar-refractivity contribution is 7.89. The Hall–Kier alpha value is -0.620. The maximum atomic E-state index is 11.5. The molecule has 0 aromatic carbocycles. The van der Waals surface area contributed by atoms with Crippen molar-refractivity contribution >= 4 is 15.9 Å². The molecule has 0 bridgehead atoms. The van der Waals surface area contributed by atoms with Crippen molar-refractivity contribution in [3.05, 3.63) is 0 Å². The molecule has 0 aromatic rings. The normalized spacial score (nSPS) is 13.3. The number of hydrogen-bond donors (Lipinski definition) is 2. The van der Waals surface area contributed by atoms with Crippen LogP contribution in [0.15, 0.2) is 0 Å². The van der Waals surface area contributed by atoms with Gasteiger partial charge in [-0.05, 0) is 19.4 Å². The molecule has 18 heavy (non-hydrogen) atoms. The quantitative estimate of drug-likeness (QED) is 0.631. The summed E-state index contributed by atoms with van der Waals surface area (Å²) in [6.07, 6.45) is 4.50. The van der Waals surface area contributed by atoms with Crippen LogP contribution in [0.2, 0.25) is 0 Å². The number of unbranched alkanes of at least 4 members (excludes halogenated alkanes) is 1. The van der Waals surface area contributed by atoms with Gasteiger partial charge in [0.15, 0.2) is 0 Å². The molecule has 0 spiro atoms. The van der Waals surface area contributed by atoms with E-state index in [1.54, 1.807) is 0 Å². The average molecular weight is 278 g/mol. The lowest BCUT2D eigenvalue weighted by atomic mass is 9.99. The van der Waals surface area contributed by atoms with Crippen LogP contribution in [0.1, 0.15) is 46.0 Å². The van der Waals surface area contributed by atoms with E-state index in [0.29, 0.717) is 12.5 Å². The second-order valence-corrected chi connectivity index (χ2v) is 6.54. The number of rotatable bonds is 10. The number of sulfonamides is 1. The van der Waals surface area contributed by atoms with E-state index < -0.39 is 10.0 Å². The molecule has 6 heteroatoms. The molecule has 0 heterocycles. The van der Waals surface area contributed by atoms with Gasteiger partial charge in [0.05, 0.1) is 5.75 Å². The topological polar surface area (TPSA) is 75.3 Å². The van der Waals surface area contributed by atoms with Crippen LogP contribution in [0.3, 0.4) is 0 Å². The van der Waals surface area contributed by atoms with Crippen LogP contribution in [0.25, 0.3) is 0 Å². The van der Waals surface area contributed by atoms with Gasteiger partial charge in [0.25, 0.3) is 0 Å². The molecule has 0 saturated heterocycles. The van der Waals surface area contributed by atoms with Gasteiger partial charge in [0.2, 0.25) is 15.9 Å². The van der Waals surface area contributed by atoms with Gasteiger partial charge in [0, 0.05) is 13.0 Å². The Labute approximate surface area is 111 Å². The number of carbonyl (C=O) groups excluding carboxylic acids is 1. The van der Waals surface area contributed by atoms with E-state index in [1.807, 2.05) is 0 Å². The van der Waals surface area contributed by atoms with Gasteiger partial charge in [-0.15, -0.1) is 0 Å². The lowest BCUT2D eigenvalue weighted by Crippen LogP contribution is -2.32. The van der Waals surface area contributed by atoms with Crippen LogP contribution in [0.4, 0.5) is 0 Å². The Kier molecular flexibility index (Phi) is 9.01. The summed E-state index contributed by atoms with van der Waals surface area (Å²) in [6.45, 7) is 4.90. The van der Waals surface area contributed by atoms with E-state index in [4.69, 9.17) is 0 Å². The molecule has 1 atom stereocenters. The third-order valence-electron chi connectivity index (χ3n) is 3.04. The van der Waals surface area contributed by atoms with Crippen LogP contribution in [0, 0.1) is 5.92 Å². The van der Waals surface area contributed by atoms with Crippen molar-refractivity contribution in [1.29, 1.82) is 0 Å². The maximum Gasteiger partial charge on any atom is 0.221 e. The van der Waals surface area contributed by atoms with E-state index in [1.165, 1.54) is 13.5 Å². The first kappa shape index (κ1) is 17.4. The van der Waals surface area contributed by atoms with Crippen molar-refractivity contribution in [2.75, 3.05) is 19.3 Å². The summed E-state index contributed by atoms with van der Waals surface area (Å²) in [4.78, 5) is 11.5. The van der Waals surface area contributed by atoms with Crippen molar-refractivity contribution in [2.24, 2.45) is 5.92 Å². The summed E-state index contributed by atoms with van der Waals surface area (Å²) >= 11 is 0. The Morgan fingerprint density at radius 3 is 2.44 bits per heavy atom. The predicted octanol–water partition coefficient (Wildman–Crippen LogP) is 1.26. The molecule has 0 aliphatic carbocycles. The highest BCUT2D eigenvalue weighted by Gasteiger charge is 2.12. The largest absolute Gasteiger partial charge is 0.356 e. The van der Waals surface area contributed by atoms with Gasteiger partial charge < -0.3 is 5.32 Å². The summed E-state index contributed by atoms with van der Waals surface area (Å²) in [5.74, 6) is 0.153. The maximum absolute atomic E-state index is 11.5. The van der Waals surface area contributed by atoms with Crippen LogP contribution in [0.5, 0.6) is 0 Å². The molecule has 0 radical (unpaired) electrons. The Morgan fingerprint density at radius 2 is 1.94 bits per heavy atom. The van der Waals surface area contributed by atoms with Gasteiger partial charge in [-0.25, -0.2) is 13.1 Å². The van der Waals surface area contributed by atoms with Gasteiger partial charge in [-0.3, -0.25) is 4.79 Å². The molecule has 0 unspecified atom stereocenters. The zero-order valence-electron chi connectivity index (χ0n) is 11.7. The molecule has 0 rings (SSSR count). The highest BCUT2D eigenvalue weighted by atomic mass is 32.2. The molecule has 0 aliphatic heterocycles. The second kappa shape index (κ2) is 9.33. The first-order chi connectivity index (χ1) is 8.45. The van der Waals surface area contributed by atoms with Crippen molar-refractivity contribution in [1.82, 2.24) is 10.0 Å². The van der Waals surface area contributed by atoms with Crippen molar-refractivity contribution in [3.63, 3.8) is 0 Å². The van der Waals surface area contributed by atoms with E-state index in [2.05, 4.69) is 23.9 Å². The Bertz CT molecular complexity index is 328. The fourth-order valence-electron chi connectivity index (χ4n) is 1.62. The van der Waals surface area contributed by atoms with Gasteiger partial charge in [-0.1, -0.05) is 33.1 Å². The van der Waals surface area contributed by atoms with Crippen molar-refractivity contribution in [2.45, 2.75) is 46.0 Å². The summed E-state index contributed by atoms with van der Waals surface area (Å²) in [6, 6.07) is 0. The Balaban J connectivity index is 3.88. The molecule has 5 nitrogen and oxygen atoms in total. The second-order valence-electron chi connectivity index (χ2n) is 4.49. The monoisotopic (exact) mass is 278 g/mol. The SMILES string of the molecule is CCCC[C@H](CC)CNC(=O)CCS(=O)(=O)NC. The lowest BCUT2D eigenvalue weighted by molar-refractivity contribution is -0.120. The van der Waals surface area contributed by atoms with Crippen molar-refractivity contribution in [3.8, 4) is 0 Å². The van der Waals surface area contributed by atoms with Gasteiger partial charge >= 0.3 is 0 Å². The zero-order chi connectivity index (χ0) is 14.0. The number of amides is 1. The highest BCUT2D eigenvalue weighted by Crippen LogP contribution is 2.11. The molecule has 2 N–H and O–H groups in total. The number of nitrogens with one attached hydrogen (secondary N) is 2. The van der Waals surface area contributed by atoms with Crippen LogP contribution >= 0.6 is 0 Å². The van der Waals surface area contributed by atoms with Crippen molar-refractivity contribution < 1.29 is 13.2 Å². The molecule has 1 amide bonds. The average Bonchev–Trinajstić information content (AvgIpc) is 2.36. The van der Waals surface area contributed by atoms with E-state index in [0.717, 1.165) is 19.3 Å². The summed E-state index contributed by atoms with van der Waals surface area (Å²) < 4.78 is 24.5. The van der Waals surface area contributed by atoms with Crippen LogP contribution < -0.4 is 10.0 Å². The minimum atomic E-state index is -3.28. The van der Waals surface area contributed by atoms with E-state index >= 15 is 0 Å². The molecular weight excluding hydrogens is 252 g/mol. The first-order valence-electron chi connectivity index (χ1n) is 6.63. The smallest absolute Gasteiger partial charge is 0.221 e. The zero-order valence-corrected chi connectivity index (χ0v) is 12.5. The fraction of sp³-hybridized carbons (Fsp3) is 0.917. The lowest BCUT2D eigenvalue weighted by Gasteiger charge is -2.15. The fourth-order valence-corrected chi connectivity index (χ4v) is 2.28. The summed E-state index contributed by atoms with van der Waals surface area (Å²) in [7, 11) is -1.93. The predicted molar refractivity (Wildman–Crippen MR) is 73.8 cm³/mol. The molecule has 108 valence electrons. The molecule has 0 aliphatic rings. The molecule has 0 fully saturated rings. The minimum Gasteiger partial charge on any atom is -0.356 e. The third-order valence-corrected chi connectivity index (χ3v) is 4.40. The van der Waals surface area contributed by atoms with Gasteiger partial charge in [0.1, 0.15) is 0 Å². The molecular formula is C12H26N2O3S. The minimum absolute atomic E-state index is 0.0212. The van der Waals surface area contributed by atoms with E-state index in [9.17, 15) is 13.2 Å². The van der Waals surface area contributed by atoms with Gasteiger partial charge in [-0.2, -0.15) is 0 Å². The summed E-state index contributed by atoms with van der Waals surface area (Å²) in [5.41, 5.74) is 0. The van der Waals surface area contributed by atoms with E-state index in [-0.39, 0.29) is 18.1 Å². The number of carbonyl (C=O) groups is 1. The number of hydrogen-bond acceptors (Lipinski definition) is 3. The molecule has 0 aromatic heterocycles. The van der Waals surface area contributed by atoms with Crippen LogP contribution in [-0.4, -0.2) is 33.7 Å². The molecule has 0 saturated carbocycles.